The predicted molar refractivity (Wildman–Crippen MR) is 51.7 cm³/mol. The second-order valence-corrected chi connectivity index (χ2v) is 4.50. The molecule has 2 aliphatic rings. The zero-order valence-electron chi connectivity index (χ0n) is 7.23. The summed E-state index contributed by atoms with van der Waals surface area (Å²) in [5.41, 5.74) is 4.94. The lowest BCUT2D eigenvalue weighted by atomic mass is 9.97. The number of amides is 2. The van der Waals surface area contributed by atoms with Crippen LogP contribution in [0.15, 0.2) is 4.99 Å². The highest BCUT2D eigenvalue weighted by Crippen LogP contribution is 2.38. The van der Waals surface area contributed by atoms with E-state index in [4.69, 9.17) is 10.5 Å². The first-order chi connectivity index (χ1) is 6.25. The number of aliphatic imine (C=N–C) groups is 1. The number of nitrogens with two attached hydrogens (primary N) is 1. The lowest BCUT2D eigenvalue weighted by Gasteiger charge is -2.21. The van der Waals surface area contributed by atoms with Gasteiger partial charge >= 0.3 is 6.03 Å². The summed E-state index contributed by atoms with van der Waals surface area (Å²) in [5, 5.41) is 0.955. The van der Waals surface area contributed by atoms with Crippen LogP contribution in [0.25, 0.3) is 0 Å². The first-order valence-corrected chi connectivity index (χ1v) is 5.35. The van der Waals surface area contributed by atoms with E-state index in [-0.39, 0.29) is 6.10 Å². The number of urea groups is 1. The van der Waals surface area contributed by atoms with Gasteiger partial charge in [-0.1, -0.05) is 18.2 Å². The minimum Gasteiger partial charge on any atom is -0.468 e. The minimum atomic E-state index is -0.666. The Bertz CT molecular complexity index is 239. The number of nitrogens with zero attached hydrogens (tertiary/aromatic N) is 1. The standard InChI is InChI=1S/C8H12N2O2S/c9-7(11)10-8-12-5-3-1-2-4-6(5)13-8/h5-6H,1-4H2,(H2,9,11)/b10-8+. The van der Waals surface area contributed by atoms with E-state index in [9.17, 15) is 4.79 Å². The van der Waals surface area contributed by atoms with E-state index < -0.39 is 6.03 Å². The molecular formula is C8H12N2O2S. The maximum atomic E-state index is 10.5. The number of carbonyl (C=O) groups is 1. The summed E-state index contributed by atoms with van der Waals surface area (Å²) in [6.07, 6.45) is 4.96. The average Bonchev–Trinajstić information content (AvgIpc) is 2.44. The maximum Gasteiger partial charge on any atom is 0.342 e. The quantitative estimate of drug-likeness (QED) is 0.644. The molecule has 72 valence electrons. The van der Waals surface area contributed by atoms with Crippen LogP contribution in [0.5, 0.6) is 0 Å². The number of thioether (sulfide) groups is 1. The molecule has 0 spiro atoms. The van der Waals surface area contributed by atoms with Crippen LogP contribution in [0.3, 0.4) is 0 Å². The fourth-order valence-corrected chi connectivity index (χ4v) is 2.97. The fourth-order valence-electron chi connectivity index (χ4n) is 1.76. The summed E-state index contributed by atoms with van der Waals surface area (Å²) in [5.74, 6) is 0. The van der Waals surface area contributed by atoms with Gasteiger partial charge in [0.05, 0.1) is 5.25 Å². The van der Waals surface area contributed by atoms with Crippen molar-refractivity contribution >= 4 is 23.0 Å². The Morgan fingerprint density at radius 3 is 3.00 bits per heavy atom. The van der Waals surface area contributed by atoms with E-state index >= 15 is 0 Å². The van der Waals surface area contributed by atoms with Crippen molar-refractivity contribution in [1.29, 1.82) is 0 Å². The highest BCUT2D eigenvalue weighted by molar-refractivity contribution is 8.14. The van der Waals surface area contributed by atoms with E-state index in [2.05, 4.69) is 4.99 Å². The van der Waals surface area contributed by atoms with E-state index in [0.29, 0.717) is 10.5 Å². The molecule has 2 rings (SSSR count). The second-order valence-electron chi connectivity index (χ2n) is 3.31. The molecule has 4 nitrogen and oxygen atoms in total. The largest absolute Gasteiger partial charge is 0.468 e. The Balaban J connectivity index is 2.02. The molecule has 0 aromatic rings. The Kier molecular flexibility index (Phi) is 2.44. The van der Waals surface area contributed by atoms with E-state index in [0.717, 1.165) is 12.8 Å². The van der Waals surface area contributed by atoms with Gasteiger partial charge in [0.2, 0.25) is 0 Å². The molecule has 2 amide bonds. The molecule has 5 heteroatoms. The van der Waals surface area contributed by atoms with Crippen molar-refractivity contribution in [3.8, 4) is 0 Å². The zero-order valence-corrected chi connectivity index (χ0v) is 8.05. The van der Waals surface area contributed by atoms with Gasteiger partial charge in [-0.05, 0) is 19.3 Å². The van der Waals surface area contributed by atoms with Crippen molar-refractivity contribution in [2.24, 2.45) is 10.7 Å². The predicted octanol–water partition coefficient (Wildman–Crippen LogP) is 1.50. The van der Waals surface area contributed by atoms with E-state index in [1.165, 1.54) is 12.8 Å². The van der Waals surface area contributed by atoms with Crippen molar-refractivity contribution in [2.75, 3.05) is 0 Å². The lowest BCUT2D eigenvalue weighted by Crippen LogP contribution is -2.23. The lowest BCUT2D eigenvalue weighted by molar-refractivity contribution is 0.167. The van der Waals surface area contributed by atoms with Gasteiger partial charge < -0.3 is 10.5 Å². The number of ether oxygens (including phenoxy) is 1. The third-order valence-corrected chi connectivity index (χ3v) is 3.58. The SMILES string of the molecule is NC(=O)/N=C1\OC2CCCCC2S1. The van der Waals surface area contributed by atoms with Crippen LogP contribution in [0.4, 0.5) is 4.79 Å². The summed E-state index contributed by atoms with van der Waals surface area (Å²) in [6.45, 7) is 0. The summed E-state index contributed by atoms with van der Waals surface area (Å²) in [4.78, 5) is 14.1. The van der Waals surface area contributed by atoms with Crippen LogP contribution in [-0.4, -0.2) is 22.6 Å². The van der Waals surface area contributed by atoms with Gasteiger partial charge in [-0.2, -0.15) is 4.99 Å². The van der Waals surface area contributed by atoms with Crippen molar-refractivity contribution < 1.29 is 9.53 Å². The molecule has 1 heterocycles. The molecule has 1 aliphatic heterocycles. The third-order valence-electron chi connectivity index (χ3n) is 2.35. The minimum absolute atomic E-state index is 0.261. The molecule has 2 N–H and O–H groups in total. The monoisotopic (exact) mass is 200 g/mol. The zero-order chi connectivity index (χ0) is 9.26. The van der Waals surface area contributed by atoms with Gasteiger partial charge in [0.25, 0.3) is 5.23 Å². The van der Waals surface area contributed by atoms with Crippen molar-refractivity contribution in [2.45, 2.75) is 37.0 Å². The molecule has 1 saturated carbocycles. The molecule has 1 saturated heterocycles. The van der Waals surface area contributed by atoms with Crippen molar-refractivity contribution in [1.82, 2.24) is 0 Å². The number of hydrogen-bond donors (Lipinski definition) is 1. The van der Waals surface area contributed by atoms with Crippen LogP contribution >= 0.6 is 11.8 Å². The molecule has 0 aromatic carbocycles. The van der Waals surface area contributed by atoms with Crippen LogP contribution in [0, 0.1) is 0 Å². The Labute approximate surface area is 80.9 Å². The molecule has 2 unspecified atom stereocenters. The average molecular weight is 200 g/mol. The number of hydrogen-bond acceptors (Lipinski definition) is 3. The van der Waals surface area contributed by atoms with E-state index in [1.54, 1.807) is 11.8 Å². The van der Waals surface area contributed by atoms with Gasteiger partial charge in [0.15, 0.2) is 0 Å². The maximum absolute atomic E-state index is 10.5. The molecule has 0 aromatic heterocycles. The second kappa shape index (κ2) is 3.57. The molecule has 13 heavy (non-hydrogen) atoms. The summed E-state index contributed by atoms with van der Waals surface area (Å²) >= 11 is 1.55. The van der Waals surface area contributed by atoms with Gasteiger partial charge in [-0.25, -0.2) is 4.79 Å². The van der Waals surface area contributed by atoms with Crippen LogP contribution in [0.2, 0.25) is 0 Å². The van der Waals surface area contributed by atoms with Crippen LogP contribution < -0.4 is 5.73 Å². The fraction of sp³-hybridized carbons (Fsp3) is 0.750. The number of rotatable bonds is 0. The number of carbonyl (C=O) groups excluding carboxylic acids is 1. The van der Waals surface area contributed by atoms with Crippen molar-refractivity contribution in [3.63, 3.8) is 0 Å². The molecule has 2 atom stereocenters. The van der Waals surface area contributed by atoms with Gasteiger partial charge in [0.1, 0.15) is 6.10 Å². The summed E-state index contributed by atoms with van der Waals surface area (Å²) < 4.78 is 5.49. The molecule has 1 aliphatic carbocycles. The number of fused-ring (bicyclic) bond motifs is 1. The first kappa shape index (κ1) is 8.87. The smallest absolute Gasteiger partial charge is 0.342 e. The first-order valence-electron chi connectivity index (χ1n) is 4.47. The van der Waals surface area contributed by atoms with Gasteiger partial charge in [-0.3, -0.25) is 0 Å². The highest BCUT2D eigenvalue weighted by Gasteiger charge is 2.36. The molecular weight excluding hydrogens is 188 g/mol. The topological polar surface area (TPSA) is 64.7 Å². The third kappa shape index (κ3) is 1.96. The van der Waals surface area contributed by atoms with Gasteiger partial charge in [0, 0.05) is 0 Å². The molecule has 0 bridgehead atoms. The molecule has 0 radical (unpaired) electrons. The van der Waals surface area contributed by atoms with Crippen LogP contribution in [0.1, 0.15) is 25.7 Å². The summed E-state index contributed by atoms with van der Waals surface area (Å²) in [7, 11) is 0. The van der Waals surface area contributed by atoms with Crippen LogP contribution in [-0.2, 0) is 4.74 Å². The normalized spacial score (nSPS) is 35.5. The summed E-state index contributed by atoms with van der Waals surface area (Å²) in [6, 6.07) is -0.666. The molecule has 2 fully saturated rings. The highest BCUT2D eigenvalue weighted by atomic mass is 32.2. The Morgan fingerprint density at radius 2 is 2.31 bits per heavy atom. The Morgan fingerprint density at radius 1 is 1.54 bits per heavy atom. The van der Waals surface area contributed by atoms with E-state index in [1.807, 2.05) is 0 Å². The van der Waals surface area contributed by atoms with Crippen molar-refractivity contribution in [3.05, 3.63) is 0 Å². The van der Waals surface area contributed by atoms with Gasteiger partial charge in [-0.15, -0.1) is 0 Å². The Hall–Kier alpha value is -0.710. The number of primary amides is 1.